The Morgan fingerprint density at radius 2 is 1.75 bits per heavy atom. The van der Waals surface area contributed by atoms with Crippen LogP contribution in [0.5, 0.6) is 5.75 Å². The van der Waals surface area contributed by atoms with Crippen LogP contribution in [0.15, 0.2) is 47.4 Å². The van der Waals surface area contributed by atoms with Gasteiger partial charge in [-0.25, -0.2) is 8.42 Å². The summed E-state index contributed by atoms with van der Waals surface area (Å²) in [7, 11) is -0.830. The SMILES string of the molecule is COc1ccc(N(C)S(=O)(=O)c2ccc(Cl)c(C(=O)N3CCCC4CCCCC43)c2)cc1. The van der Waals surface area contributed by atoms with Crippen LogP contribution in [0.25, 0.3) is 0 Å². The summed E-state index contributed by atoms with van der Waals surface area (Å²) in [5, 5.41) is 0.277. The van der Waals surface area contributed by atoms with Crippen molar-refractivity contribution in [2.45, 2.75) is 49.5 Å². The Bertz CT molecular complexity index is 1090. The largest absolute Gasteiger partial charge is 0.497 e. The first-order valence-corrected chi connectivity index (χ1v) is 12.9. The molecule has 32 heavy (non-hydrogen) atoms. The summed E-state index contributed by atoms with van der Waals surface area (Å²) in [5.74, 6) is 1.01. The van der Waals surface area contributed by atoms with Crippen LogP contribution in [0, 0.1) is 5.92 Å². The molecule has 2 fully saturated rings. The third kappa shape index (κ3) is 4.33. The first-order valence-electron chi connectivity index (χ1n) is 11.1. The van der Waals surface area contributed by atoms with Crippen molar-refractivity contribution in [3.8, 4) is 5.75 Å². The molecule has 6 nitrogen and oxygen atoms in total. The molecule has 2 atom stereocenters. The maximum atomic E-state index is 13.5. The Kier molecular flexibility index (Phi) is 6.67. The fourth-order valence-corrected chi connectivity index (χ4v) is 6.37. The molecule has 1 saturated carbocycles. The van der Waals surface area contributed by atoms with Gasteiger partial charge in [0.25, 0.3) is 15.9 Å². The number of rotatable bonds is 5. The van der Waals surface area contributed by atoms with E-state index in [1.165, 1.54) is 36.0 Å². The maximum absolute atomic E-state index is 13.5. The van der Waals surface area contributed by atoms with Gasteiger partial charge >= 0.3 is 0 Å². The molecular weight excluding hydrogens is 448 g/mol. The van der Waals surface area contributed by atoms with Crippen molar-refractivity contribution < 1.29 is 17.9 Å². The molecule has 0 bridgehead atoms. The minimum Gasteiger partial charge on any atom is -0.497 e. The van der Waals surface area contributed by atoms with Gasteiger partial charge in [-0.05, 0) is 74.1 Å². The smallest absolute Gasteiger partial charge is 0.264 e. The van der Waals surface area contributed by atoms with Crippen LogP contribution >= 0.6 is 11.6 Å². The van der Waals surface area contributed by atoms with Gasteiger partial charge in [0, 0.05) is 19.6 Å². The highest BCUT2D eigenvalue weighted by atomic mass is 35.5. The lowest BCUT2D eigenvalue weighted by atomic mass is 9.78. The van der Waals surface area contributed by atoms with E-state index in [0.29, 0.717) is 23.9 Å². The highest BCUT2D eigenvalue weighted by Gasteiger charge is 2.37. The molecule has 1 heterocycles. The standard InChI is InChI=1S/C24H29ClN2O4S/c1-26(18-9-11-19(31-2)12-10-18)32(29,30)20-13-14-22(25)21(16-20)24(28)27-15-5-7-17-6-3-4-8-23(17)27/h9-14,16-17,23H,3-8,15H2,1-2H3. The molecule has 1 amide bonds. The van der Waals surface area contributed by atoms with E-state index in [1.807, 2.05) is 4.90 Å². The van der Waals surface area contributed by atoms with E-state index in [9.17, 15) is 13.2 Å². The number of anilines is 1. The van der Waals surface area contributed by atoms with Gasteiger partial charge in [-0.15, -0.1) is 0 Å². The quantitative estimate of drug-likeness (QED) is 0.611. The Labute approximate surface area is 195 Å². The number of likely N-dealkylation sites (tertiary alicyclic amines) is 1. The Morgan fingerprint density at radius 1 is 1.06 bits per heavy atom. The van der Waals surface area contributed by atoms with Gasteiger partial charge in [-0.1, -0.05) is 24.4 Å². The van der Waals surface area contributed by atoms with Crippen LogP contribution in [0.3, 0.4) is 0 Å². The number of carbonyl (C=O) groups is 1. The van der Waals surface area contributed by atoms with Crippen LogP contribution in [-0.2, 0) is 10.0 Å². The fourth-order valence-electron chi connectivity index (χ4n) is 4.95. The highest BCUT2D eigenvalue weighted by molar-refractivity contribution is 7.92. The van der Waals surface area contributed by atoms with E-state index < -0.39 is 10.0 Å². The molecule has 172 valence electrons. The summed E-state index contributed by atoms with van der Waals surface area (Å²) in [6, 6.07) is 11.4. The molecule has 1 aliphatic heterocycles. The number of ether oxygens (including phenoxy) is 1. The summed E-state index contributed by atoms with van der Waals surface area (Å²) < 4.78 is 32.9. The van der Waals surface area contributed by atoms with Gasteiger partial charge in [-0.2, -0.15) is 0 Å². The lowest BCUT2D eigenvalue weighted by Gasteiger charge is -2.44. The van der Waals surface area contributed by atoms with Gasteiger partial charge < -0.3 is 9.64 Å². The van der Waals surface area contributed by atoms with Crippen molar-refractivity contribution in [2.75, 3.05) is 25.0 Å². The van der Waals surface area contributed by atoms with Gasteiger partial charge in [0.2, 0.25) is 0 Å². The average Bonchev–Trinajstić information content (AvgIpc) is 2.83. The van der Waals surface area contributed by atoms with E-state index in [-0.39, 0.29) is 27.4 Å². The minimum absolute atomic E-state index is 0.0424. The Hall–Kier alpha value is -2.25. The van der Waals surface area contributed by atoms with Crippen LogP contribution in [0.1, 0.15) is 48.9 Å². The van der Waals surface area contributed by atoms with Crippen LogP contribution in [-0.4, -0.2) is 46.0 Å². The zero-order valence-corrected chi connectivity index (χ0v) is 20.0. The molecular formula is C24H29ClN2O4S. The second kappa shape index (κ2) is 9.32. The number of fused-ring (bicyclic) bond motifs is 1. The number of hydrogen-bond donors (Lipinski definition) is 0. The van der Waals surface area contributed by atoms with Crippen molar-refractivity contribution in [2.24, 2.45) is 5.92 Å². The number of piperidine rings is 1. The number of methoxy groups -OCH3 is 1. The van der Waals surface area contributed by atoms with Crippen LogP contribution < -0.4 is 9.04 Å². The molecule has 2 aromatic rings. The zero-order valence-electron chi connectivity index (χ0n) is 18.5. The molecule has 0 N–H and O–H groups in total. The number of halogens is 1. The van der Waals surface area contributed by atoms with Crippen molar-refractivity contribution in [1.29, 1.82) is 0 Å². The number of nitrogens with zero attached hydrogens (tertiary/aromatic N) is 2. The second-order valence-electron chi connectivity index (χ2n) is 8.56. The molecule has 0 spiro atoms. The van der Waals surface area contributed by atoms with Crippen LogP contribution in [0.4, 0.5) is 5.69 Å². The van der Waals surface area contributed by atoms with E-state index in [2.05, 4.69) is 0 Å². The Balaban J connectivity index is 1.63. The van der Waals surface area contributed by atoms with Crippen molar-refractivity contribution in [3.63, 3.8) is 0 Å². The number of carbonyl (C=O) groups excluding carboxylic acids is 1. The number of amides is 1. The summed E-state index contributed by atoms with van der Waals surface area (Å²) in [4.78, 5) is 15.5. The molecule has 0 aromatic heterocycles. The molecule has 2 aliphatic rings. The van der Waals surface area contributed by atoms with E-state index >= 15 is 0 Å². The summed E-state index contributed by atoms with van der Waals surface area (Å²) in [5.41, 5.74) is 0.747. The number of benzene rings is 2. The maximum Gasteiger partial charge on any atom is 0.264 e. The highest BCUT2D eigenvalue weighted by Crippen LogP contribution is 2.37. The molecule has 1 saturated heterocycles. The van der Waals surface area contributed by atoms with Gasteiger partial charge in [0.05, 0.1) is 28.3 Å². The van der Waals surface area contributed by atoms with E-state index in [0.717, 1.165) is 32.1 Å². The zero-order chi connectivity index (χ0) is 22.9. The van der Waals surface area contributed by atoms with Gasteiger partial charge in [-0.3, -0.25) is 9.10 Å². The number of sulfonamides is 1. The third-order valence-corrected chi connectivity index (χ3v) is 8.88. The number of hydrogen-bond acceptors (Lipinski definition) is 4. The van der Waals surface area contributed by atoms with E-state index in [1.54, 1.807) is 31.4 Å². The fraction of sp³-hybridized carbons (Fsp3) is 0.458. The monoisotopic (exact) mass is 476 g/mol. The molecule has 4 rings (SSSR count). The first kappa shape index (κ1) is 22.9. The minimum atomic E-state index is -3.88. The second-order valence-corrected chi connectivity index (χ2v) is 10.9. The molecule has 2 unspecified atom stereocenters. The lowest BCUT2D eigenvalue weighted by molar-refractivity contribution is 0.0390. The predicted molar refractivity (Wildman–Crippen MR) is 126 cm³/mol. The van der Waals surface area contributed by atoms with Crippen molar-refractivity contribution in [3.05, 3.63) is 53.1 Å². The molecule has 1 aliphatic carbocycles. The van der Waals surface area contributed by atoms with E-state index in [4.69, 9.17) is 16.3 Å². The van der Waals surface area contributed by atoms with Crippen molar-refractivity contribution >= 4 is 33.2 Å². The average molecular weight is 477 g/mol. The third-order valence-electron chi connectivity index (χ3n) is 6.77. The Morgan fingerprint density at radius 3 is 2.47 bits per heavy atom. The van der Waals surface area contributed by atoms with Gasteiger partial charge in [0.15, 0.2) is 0 Å². The lowest BCUT2D eigenvalue weighted by Crippen LogP contribution is -2.49. The first-order chi connectivity index (χ1) is 15.3. The van der Waals surface area contributed by atoms with Gasteiger partial charge in [0.1, 0.15) is 5.75 Å². The molecule has 2 aromatic carbocycles. The molecule has 8 heteroatoms. The van der Waals surface area contributed by atoms with Crippen LogP contribution in [0.2, 0.25) is 5.02 Å². The van der Waals surface area contributed by atoms with Crippen molar-refractivity contribution in [1.82, 2.24) is 4.90 Å². The normalized spacial score (nSPS) is 21.0. The predicted octanol–water partition coefficient (Wildman–Crippen LogP) is 4.97. The topological polar surface area (TPSA) is 66.9 Å². The summed E-state index contributed by atoms with van der Waals surface area (Å²) in [6.45, 7) is 0.694. The molecule has 0 radical (unpaired) electrons. The summed E-state index contributed by atoms with van der Waals surface area (Å²) in [6.07, 6.45) is 6.64. The summed E-state index contributed by atoms with van der Waals surface area (Å²) >= 11 is 6.40.